The Morgan fingerprint density at radius 2 is 2.19 bits per heavy atom. The maximum absolute atomic E-state index is 10.9. The summed E-state index contributed by atoms with van der Waals surface area (Å²) in [6.07, 6.45) is 1.53. The lowest BCUT2D eigenvalue weighted by Gasteiger charge is -1.99. The van der Waals surface area contributed by atoms with Crippen LogP contribution >= 0.6 is 15.9 Å². The zero-order valence-electron chi connectivity index (χ0n) is 8.25. The Morgan fingerprint density at radius 3 is 2.75 bits per heavy atom. The molecule has 0 saturated heterocycles. The van der Waals surface area contributed by atoms with Crippen molar-refractivity contribution >= 4 is 21.9 Å². The molecule has 2 rings (SSSR count). The molecule has 2 heterocycles. The number of carboxylic acids is 1. The van der Waals surface area contributed by atoms with E-state index >= 15 is 0 Å². The molecule has 6 nitrogen and oxygen atoms in total. The molecule has 0 aliphatic heterocycles. The maximum atomic E-state index is 10.9. The van der Waals surface area contributed by atoms with Crippen LogP contribution in [0.5, 0.6) is 0 Å². The highest BCUT2D eigenvalue weighted by Gasteiger charge is 2.10. The third-order valence-electron chi connectivity index (χ3n) is 1.90. The minimum absolute atomic E-state index is 0.155. The number of aromatic carboxylic acids is 1. The van der Waals surface area contributed by atoms with E-state index in [0.717, 1.165) is 0 Å². The average Bonchev–Trinajstić information content (AvgIpc) is 2.64. The van der Waals surface area contributed by atoms with Crippen LogP contribution < -0.4 is 0 Å². The number of carboxylic acid groups (broad SMARTS) is 1. The summed E-state index contributed by atoms with van der Waals surface area (Å²) in [6.45, 7) is 0. The molecule has 0 unspecified atom stereocenters. The van der Waals surface area contributed by atoms with Gasteiger partial charge in [0.2, 0.25) is 0 Å². The Kier molecular flexibility index (Phi) is 2.69. The number of aromatic nitrogens is 4. The van der Waals surface area contributed by atoms with Gasteiger partial charge >= 0.3 is 5.97 Å². The second-order valence-electron chi connectivity index (χ2n) is 3.09. The van der Waals surface area contributed by atoms with Gasteiger partial charge in [-0.05, 0) is 28.1 Å². The summed E-state index contributed by atoms with van der Waals surface area (Å²) < 4.78 is 0.452. The fourth-order valence-electron chi connectivity index (χ4n) is 1.21. The summed E-state index contributed by atoms with van der Waals surface area (Å²) in [5.41, 5.74) is 1.16. The van der Waals surface area contributed by atoms with Crippen LogP contribution in [0.15, 0.2) is 22.9 Å². The molecule has 7 heteroatoms. The third-order valence-corrected chi connectivity index (χ3v) is 2.31. The minimum Gasteiger partial charge on any atom is -0.478 e. The molecule has 0 aromatic carbocycles. The number of pyridine rings is 1. The standard InChI is InChI=1S/C9H7BrN4O2/c1-14-11-4-7(13-14)6-2-5(9(15)16)3-8(10)12-6/h2-4H,1H3,(H,15,16). The van der Waals surface area contributed by atoms with Gasteiger partial charge in [0.05, 0.1) is 17.5 Å². The van der Waals surface area contributed by atoms with E-state index in [2.05, 4.69) is 31.1 Å². The predicted octanol–water partition coefficient (Wildman–Crippen LogP) is 1.34. The van der Waals surface area contributed by atoms with Gasteiger partial charge in [0.25, 0.3) is 0 Å². The molecule has 0 radical (unpaired) electrons. The van der Waals surface area contributed by atoms with Crippen LogP contribution in [0.3, 0.4) is 0 Å². The Labute approximate surface area is 99.1 Å². The van der Waals surface area contributed by atoms with E-state index in [0.29, 0.717) is 16.0 Å². The van der Waals surface area contributed by atoms with E-state index in [9.17, 15) is 4.79 Å². The Balaban J connectivity index is 2.53. The minimum atomic E-state index is -1.01. The predicted molar refractivity (Wildman–Crippen MR) is 58.9 cm³/mol. The molecule has 0 aliphatic carbocycles. The highest BCUT2D eigenvalue weighted by atomic mass is 79.9. The monoisotopic (exact) mass is 282 g/mol. The van der Waals surface area contributed by atoms with E-state index in [1.165, 1.54) is 23.1 Å². The van der Waals surface area contributed by atoms with Crippen LogP contribution in [-0.2, 0) is 7.05 Å². The Hall–Kier alpha value is -1.76. The summed E-state index contributed by atoms with van der Waals surface area (Å²) in [6, 6.07) is 2.89. The van der Waals surface area contributed by atoms with Crippen molar-refractivity contribution in [2.45, 2.75) is 0 Å². The quantitative estimate of drug-likeness (QED) is 0.841. The normalized spacial score (nSPS) is 10.4. The van der Waals surface area contributed by atoms with Gasteiger partial charge in [0.1, 0.15) is 10.3 Å². The number of carbonyl (C=O) groups is 1. The second-order valence-corrected chi connectivity index (χ2v) is 3.90. The smallest absolute Gasteiger partial charge is 0.335 e. The molecule has 0 saturated carbocycles. The summed E-state index contributed by atoms with van der Waals surface area (Å²) in [4.78, 5) is 16.4. The van der Waals surface area contributed by atoms with Crippen LogP contribution in [0.2, 0.25) is 0 Å². The molecule has 0 atom stereocenters. The van der Waals surface area contributed by atoms with Gasteiger partial charge < -0.3 is 5.11 Å². The van der Waals surface area contributed by atoms with Crippen LogP contribution in [-0.4, -0.2) is 31.1 Å². The lowest BCUT2D eigenvalue weighted by atomic mass is 10.2. The molecule has 0 amide bonds. The summed E-state index contributed by atoms with van der Waals surface area (Å²) in [5, 5.41) is 16.8. The van der Waals surface area contributed by atoms with E-state index in [1.54, 1.807) is 7.05 Å². The van der Waals surface area contributed by atoms with Crippen molar-refractivity contribution in [2.24, 2.45) is 7.05 Å². The SMILES string of the molecule is Cn1ncc(-c2cc(C(=O)O)cc(Br)n2)n1. The van der Waals surface area contributed by atoms with E-state index in [4.69, 9.17) is 5.11 Å². The largest absolute Gasteiger partial charge is 0.478 e. The molecule has 0 aliphatic rings. The van der Waals surface area contributed by atoms with Gasteiger partial charge in [-0.15, -0.1) is 0 Å². The Bertz CT molecular complexity index is 552. The number of hydrogen-bond acceptors (Lipinski definition) is 4. The first kappa shape index (κ1) is 10.7. The molecule has 0 bridgehead atoms. The lowest BCUT2D eigenvalue weighted by molar-refractivity contribution is 0.0696. The van der Waals surface area contributed by atoms with Crippen LogP contribution in [0.1, 0.15) is 10.4 Å². The van der Waals surface area contributed by atoms with Crippen molar-refractivity contribution in [3.05, 3.63) is 28.5 Å². The van der Waals surface area contributed by atoms with E-state index < -0.39 is 5.97 Å². The maximum Gasteiger partial charge on any atom is 0.335 e. The summed E-state index contributed by atoms with van der Waals surface area (Å²) in [5.74, 6) is -1.01. The average molecular weight is 283 g/mol. The van der Waals surface area contributed by atoms with Gasteiger partial charge in [-0.25, -0.2) is 9.78 Å². The highest BCUT2D eigenvalue weighted by molar-refractivity contribution is 9.10. The molecular formula is C9H7BrN4O2. The first-order valence-electron chi connectivity index (χ1n) is 4.34. The van der Waals surface area contributed by atoms with Crippen molar-refractivity contribution in [3.63, 3.8) is 0 Å². The molecule has 1 N–H and O–H groups in total. The third kappa shape index (κ3) is 2.08. The molecule has 2 aromatic heterocycles. The first-order valence-corrected chi connectivity index (χ1v) is 5.13. The van der Waals surface area contributed by atoms with Gasteiger partial charge in [-0.3, -0.25) is 0 Å². The number of nitrogens with zero attached hydrogens (tertiary/aromatic N) is 4. The van der Waals surface area contributed by atoms with Crippen LogP contribution in [0.25, 0.3) is 11.4 Å². The molecule has 0 fully saturated rings. The number of halogens is 1. The fourth-order valence-corrected chi connectivity index (χ4v) is 1.65. The van der Waals surface area contributed by atoms with Gasteiger partial charge in [-0.2, -0.15) is 15.0 Å². The molecule has 2 aromatic rings. The van der Waals surface area contributed by atoms with Crippen molar-refractivity contribution in [3.8, 4) is 11.4 Å². The van der Waals surface area contributed by atoms with E-state index in [1.807, 2.05) is 0 Å². The first-order chi connectivity index (χ1) is 7.56. The highest BCUT2D eigenvalue weighted by Crippen LogP contribution is 2.19. The van der Waals surface area contributed by atoms with Gasteiger partial charge in [0, 0.05) is 7.05 Å². The van der Waals surface area contributed by atoms with Gasteiger partial charge in [-0.1, -0.05) is 0 Å². The topological polar surface area (TPSA) is 80.9 Å². The van der Waals surface area contributed by atoms with Crippen molar-refractivity contribution < 1.29 is 9.90 Å². The molecule has 0 spiro atoms. The zero-order valence-corrected chi connectivity index (χ0v) is 9.84. The summed E-state index contributed by atoms with van der Waals surface area (Å²) >= 11 is 3.16. The fraction of sp³-hybridized carbons (Fsp3) is 0.111. The van der Waals surface area contributed by atoms with Gasteiger partial charge in [0.15, 0.2) is 0 Å². The van der Waals surface area contributed by atoms with Crippen LogP contribution in [0.4, 0.5) is 0 Å². The zero-order chi connectivity index (χ0) is 11.7. The van der Waals surface area contributed by atoms with Crippen LogP contribution in [0, 0.1) is 0 Å². The second kappa shape index (κ2) is 4.01. The Morgan fingerprint density at radius 1 is 1.44 bits per heavy atom. The van der Waals surface area contributed by atoms with Crippen molar-refractivity contribution in [1.29, 1.82) is 0 Å². The molecular weight excluding hydrogens is 276 g/mol. The van der Waals surface area contributed by atoms with Crippen molar-refractivity contribution in [1.82, 2.24) is 20.0 Å². The molecule has 82 valence electrons. The van der Waals surface area contributed by atoms with Crippen molar-refractivity contribution in [2.75, 3.05) is 0 Å². The lowest BCUT2D eigenvalue weighted by Crippen LogP contribution is -1.99. The number of rotatable bonds is 2. The number of aryl methyl sites for hydroxylation is 1. The molecule has 16 heavy (non-hydrogen) atoms. The number of hydrogen-bond donors (Lipinski definition) is 1. The van der Waals surface area contributed by atoms with E-state index in [-0.39, 0.29) is 5.56 Å². The summed E-state index contributed by atoms with van der Waals surface area (Å²) in [7, 11) is 1.68.